The molecule has 2 aromatic carbocycles. The molecule has 4 atom stereocenters. The van der Waals surface area contributed by atoms with E-state index in [1.807, 2.05) is 0 Å². The van der Waals surface area contributed by atoms with Gasteiger partial charge in [0.1, 0.15) is 12.2 Å². The second-order valence-electron chi connectivity index (χ2n) is 9.28. The summed E-state index contributed by atoms with van der Waals surface area (Å²) in [4.78, 5) is 27.9. The minimum absolute atomic E-state index is 0.0638. The highest BCUT2D eigenvalue weighted by Crippen LogP contribution is 2.42. The second-order valence-corrected chi connectivity index (χ2v) is 11.8. The van der Waals surface area contributed by atoms with Gasteiger partial charge in [-0.1, -0.05) is 18.2 Å². The highest BCUT2D eigenvalue weighted by Gasteiger charge is 2.42. The molecule has 1 heterocycles. The molecule has 2 aliphatic rings. The Hall–Kier alpha value is -2.88. The zero-order chi connectivity index (χ0) is 25.5. The van der Waals surface area contributed by atoms with Crippen molar-refractivity contribution >= 4 is 27.2 Å². The Balaban J connectivity index is 1.54. The Morgan fingerprint density at radius 1 is 1.14 bits per heavy atom. The van der Waals surface area contributed by atoms with Crippen molar-refractivity contribution in [3.05, 3.63) is 65.2 Å². The summed E-state index contributed by atoms with van der Waals surface area (Å²) in [6, 6.07) is 9.12. The SMILES string of the molecule is C=S(C)(=O)c1cccc(C(=O)N2C[C@@H](F)C[C@@H]2C(=O)N[C@@H](c2ccc(C(F)(F)F)cc2)C2CC2)c1. The summed E-state index contributed by atoms with van der Waals surface area (Å²) >= 11 is 0. The number of halogens is 4. The average molecular weight is 511 g/mol. The number of nitrogens with one attached hydrogen (secondary N) is 1. The van der Waals surface area contributed by atoms with E-state index in [1.165, 1.54) is 30.5 Å². The molecule has 0 spiro atoms. The molecule has 188 valence electrons. The molecule has 1 unspecified atom stereocenters. The lowest BCUT2D eigenvalue weighted by Gasteiger charge is -2.27. The van der Waals surface area contributed by atoms with Crippen molar-refractivity contribution in [3.8, 4) is 0 Å². The fourth-order valence-electron chi connectivity index (χ4n) is 4.35. The first-order valence-corrected chi connectivity index (χ1v) is 13.3. The van der Waals surface area contributed by atoms with Crippen molar-refractivity contribution in [3.63, 3.8) is 0 Å². The van der Waals surface area contributed by atoms with Crippen LogP contribution in [-0.4, -0.2) is 51.8 Å². The van der Waals surface area contributed by atoms with E-state index in [1.54, 1.807) is 12.1 Å². The number of hydrogen-bond donors (Lipinski definition) is 1. The fourth-order valence-corrected chi connectivity index (χ4v) is 5.10. The van der Waals surface area contributed by atoms with Crippen molar-refractivity contribution in [2.75, 3.05) is 12.8 Å². The van der Waals surface area contributed by atoms with Crippen LogP contribution in [0.3, 0.4) is 0 Å². The molecular weight excluding hydrogens is 484 g/mol. The van der Waals surface area contributed by atoms with Crippen molar-refractivity contribution in [2.45, 2.75) is 48.6 Å². The lowest BCUT2D eigenvalue weighted by atomic mass is 10.00. The van der Waals surface area contributed by atoms with Gasteiger partial charge >= 0.3 is 6.18 Å². The zero-order valence-corrected chi connectivity index (χ0v) is 19.9. The summed E-state index contributed by atoms with van der Waals surface area (Å²) in [6.45, 7) is -0.263. The summed E-state index contributed by atoms with van der Waals surface area (Å²) in [6.07, 6.45) is -2.99. The lowest BCUT2D eigenvalue weighted by molar-refractivity contribution is -0.137. The predicted molar refractivity (Wildman–Crippen MR) is 125 cm³/mol. The quantitative estimate of drug-likeness (QED) is 0.467. The normalized spacial score (nSPS) is 22.9. The number of likely N-dealkylation sites (tertiary alicyclic amines) is 1. The number of alkyl halides is 4. The number of rotatable bonds is 6. The zero-order valence-electron chi connectivity index (χ0n) is 19.1. The van der Waals surface area contributed by atoms with E-state index in [9.17, 15) is 31.4 Å². The van der Waals surface area contributed by atoms with Gasteiger partial charge in [0.15, 0.2) is 0 Å². The van der Waals surface area contributed by atoms with E-state index in [2.05, 4.69) is 11.2 Å². The Morgan fingerprint density at radius 3 is 2.37 bits per heavy atom. The van der Waals surface area contributed by atoms with E-state index >= 15 is 0 Å². The van der Waals surface area contributed by atoms with Gasteiger partial charge in [0.2, 0.25) is 5.91 Å². The third-order valence-electron chi connectivity index (χ3n) is 6.38. The molecule has 1 saturated carbocycles. The standard InChI is InChI=1S/C25H26F4N2O3S/c1-35(2,34)20-5-3-4-17(12-20)24(33)31-14-19(26)13-21(31)23(32)30-22(15-6-7-15)16-8-10-18(11-9-16)25(27,28)29/h3-5,8-12,15,19,21-22H,1,6-7,13-14H2,2H3,(H,30,32)/t19-,21+,22+,35?/m0/s1. The summed E-state index contributed by atoms with van der Waals surface area (Å²) in [5.41, 5.74) is -0.0769. The Kier molecular flexibility index (Phi) is 6.70. The number of amides is 2. The topological polar surface area (TPSA) is 66.5 Å². The Labute approximate surface area is 201 Å². The van der Waals surface area contributed by atoms with Gasteiger partial charge in [-0.3, -0.25) is 13.8 Å². The van der Waals surface area contributed by atoms with Crippen LogP contribution >= 0.6 is 0 Å². The van der Waals surface area contributed by atoms with Crippen LogP contribution < -0.4 is 5.32 Å². The summed E-state index contributed by atoms with van der Waals surface area (Å²) in [5, 5.41) is 2.85. The van der Waals surface area contributed by atoms with Crippen LogP contribution in [0.4, 0.5) is 17.6 Å². The largest absolute Gasteiger partial charge is 0.416 e. The Bertz CT molecular complexity index is 1220. The van der Waals surface area contributed by atoms with E-state index in [4.69, 9.17) is 0 Å². The third-order valence-corrected chi connectivity index (χ3v) is 7.63. The number of carbonyl (C=O) groups excluding carboxylic acids is 2. The average Bonchev–Trinajstić information content (AvgIpc) is 3.56. The van der Waals surface area contributed by atoms with Gasteiger partial charge in [-0.2, -0.15) is 13.2 Å². The number of benzene rings is 2. The number of nitrogens with zero attached hydrogens (tertiary/aromatic N) is 1. The van der Waals surface area contributed by atoms with E-state index < -0.39 is 51.3 Å². The maximum atomic E-state index is 14.4. The molecule has 2 amide bonds. The van der Waals surface area contributed by atoms with Crippen LogP contribution in [0.25, 0.3) is 0 Å². The van der Waals surface area contributed by atoms with Crippen molar-refractivity contribution in [1.29, 1.82) is 0 Å². The van der Waals surface area contributed by atoms with Crippen LogP contribution in [0.1, 0.15) is 46.8 Å². The van der Waals surface area contributed by atoms with Gasteiger partial charge in [0.05, 0.1) is 18.2 Å². The maximum absolute atomic E-state index is 14.4. The lowest BCUT2D eigenvalue weighted by Crippen LogP contribution is -2.47. The maximum Gasteiger partial charge on any atom is 0.416 e. The number of carbonyl (C=O) groups is 2. The molecule has 5 nitrogen and oxygen atoms in total. The van der Waals surface area contributed by atoms with Gasteiger partial charge in [-0.25, -0.2) is 4.39 Å². The molecule has 2 aromatic rings. The first kappa shape index (κ1) is 25.2. The van der Waals surface area contributed by atoms with Crippen molar-refractivity contribution in [2.24, 2.45) is 5.92 Å². The molecule has 1 N–H and O–H groups in total. The molecule has 1 aliphatic carbocycles. The molecule has 1 aliphatic heterocycles. The molecule has 0 radical (unpaired) electrons. The van der Waals surface area contributed by atoms with Gasteiger partial charge in [0.25, 0.3) is 5.91 Å². The van der Waals surface area contributed by atoms with Crippen LogP contribution in [0.5, 0.6) is 0 Å². The van der Waals surface area contributed by atoms with Gasteiger partial charge in [-0.15, -0.1) is 0 Å². The van der Waals surface area contributed by atoms with E-state index in [-0.39, 0.29) is 24.4 Å². The fraction of sp³-hybridized carbons (Fsp3) is 0.400. The molecule has 2 fully saturated rings. The van der Waals surface area contributed by atoms with E-state index in [0.717, 1.165) is 29.9 Å². The Morgan fingerprint density at radius 2 is 1.80 bits per heavy atom. The second kappa shape index (κ2) is 9.29. The summed E-state index contributed by atoms with van der Waals surface area (Å²) in [7, 11) is -2.58. The van der Waals surface area contributed by atoms with Crippen LogP contribution in [0, 0.1) is 5.92 Å². The molecule has 0 aromatic heterocycles. The summed E-state index contributed by atoms with van der Waals surface area (Å²) < 4.78 is 65.5. The van der Waals surface area contributed by atoms with Crippen LogP contribution in [-0.2, 0) is 20.5 Å². The van der Waals surface area contributed by atoms with Crippen molar-refractivity contribution in [1.82, 2.24) is 10.2 Å². The highest BCUT2D eigenvalue weighted by molar-refractivity contribution is 7.99. The minimum atomic E-state index is -4.46. The first-order chi connectivity index (χ1) is 16.3. The van der Waals surface area contributed by atoms with E-state index in [0.29, 0.717) is 10.5 Å². The molecule has 4 rings (SSSR count). The molecule has 10 heteroatoms. The highest BCUT2D eigenvalue weighted by atomic mass is 32.2. The first-order valence-electron chi connectivity index (χ1n) is 11.2. The third kappa shape index (κ3) is 5.69. The van der Waals surface area contributed by atoms with Gasteiger partial charge in [0, 0.05) is 23.1 Å². The smallest absolute Gasteiger partial charge is 0.347 e. The summed E-state index contributed by atoms with van der Waals surface area (Å²) in [5.74, 6) is 2.56. The predicted octanol–water partition coefficient (Wildman–Crippen LogP) is 4.23. The van der Waals surface area contributed by atoms with Crippen LogP contribution in [0.15, 0.2) is 53.4 Å². The van der Waals surface area contributed by atoms with Crippen LogP contribution in [0.2, 0.25) is 0 Å². The molecule has 1 saturated heterocycles. The van der Waals surface area contributed by atoms with Gasteiger partial charge < -0.3 is 10.2 Å². The van der Waals surface area contributed by atoms with Gasteiger partial charge in [-0.05, 0) is 70.0 Å². The van der Waals surface area contributed by atoms with Crippen molar-refractivity contribution < 1.29 is 31.4 Å². The molecule has 35 heavy (non-hydrogen) atoms. The molecular formula is C25H26F4N2O3S. The number of hydrogen-bond acceptors (Lipinski definition) is 3. The monoisotopic (exact) mass is 510 g/mol. The molecule has 0 bridgehead atoms. The minimum Gasteiger partial charge on any atom is -0.347 e.